The van der Waals surface area contributed by atoms with Gasteiger partial charge in [0.15, 0.2) is 0 Å². The van der Waals surface area contributed by atoms with E-state index in [1.807, 2.05) is 52.0 Å². The minimum Gasteiger partial charge on any atom is -0.399 e. The van der Waals surface area contributed by atoms with Crippen molar-refractivity contribution in [3.05, 3.63) is 47.8 Å². The SMILES string of the molecule is Cn1cc(C(=O)NC(=N)C2(c3ccc(B4OC(C)(C)C(C)(C)O4)cc3)CCC2)cn1. The number of rotatable bonds is 4. The maximum absolute atomic E-state index is 12.5. The van der Waals surface area contributed by atoms with E-state index in [2.05, 4.69) is 10.4 Å². The maximum Gasteiger partial charge on any atom is 0.494 e. The maximum atomic E-state index is 12.5. The zero-order chi connectivity index (χ0) is 21.7. The van der Waals surface area contributed by atoms with Gasteiger partial charge in [0.2, 0.25) is 0 Å². The quantitative estimate of drug-likeness (QED) is 0.462. The molecule has 1 aliphatic carbocycles. The molecule has 0 atom stereocenters. The van der Waals surface area contributed by atoms with Gasteiger partial charge in [-0.25, -0.2) is 0 Å². The van der Waals surface area contributed by atoms with Crippen LogP contribution in [0, 0.1) is 5.41 Å². The van der Waals surface area contributed by atoms with Crippen molar-refractivity contribution in [1.29, 1.82) is 5.41 Å². The Kier molecular flexibility index (Phi) is 4.90. The first-order valence-corrected chi connectivity index (χ1v) is 10.4. The Hall–Kier alpha value is -2.45. The molecule has 2 aliphatic rings. The summed E-state index contributed by atoms with van der Waals surface area (Å²) in [6, 6.07) is 8.08. The number of hydrogen-bond donors (Lipinski definition) is 2. The van der Waals surface area contributed by atoms with Gasteiger partial charge in [0.25, 0.3) is 5.91 Å². The second-order valence-electron chi connectivity index (χ2n) is 9.38. The number of benzene rings is 1. The van der Waals surface area contributed by atoms with Gasteiger partial charge in [-0.15, -0.1) is 0 Å². The Bertz CT molecular complexity index is 961. The zero-order valence-electron chi connectivity index (χ0n) is 18.3. The summed E-state index contributed by atoms with van der Waals surface area (Å²) >= 11 is 0. The smallest absolute Gasteiger partial charge is 0.399 e. The van der Waals surface area contributed by atoms with E-state index in [9.17, 15) is 4.79 Å². The molecule has 8 heteroatoms. The van der Waals surface area contributed by atoms with Crippen LogP contribution in [0.1, 0.15) is 62.9 Å². The van der Waals surface area contributed by atoms with Crippen molar-refractivity contribution in [2.75, 3.05) is 0 Å². The van der Waals surface area contributed by atoms with Crippen molar-refractivity contribution < 1.29 is 14.1 Å². The van der Waals surface area contributed by atoms with Crippen molar-refractivity contribution >= 4 is 24.3 Å². The van der Waals surface area contributed by atoms with Crippen LogP contribution >= 0.6 is 0 Å². The average molecular weight is 408 g/mol. The van der Waals surface area contributed by atoms with E-state index >= 15 is 0 Å². The van der Waals surface area contributed by atoms with E-state index in [4.69, 9.17) is 14.7 Å². The summed E-state index contributed by atoms with van der Waals surface area (Å²) in [5.74, 6) is -0.0563. The molecule has 4 rings (SSSR count). The highest BCUT2D eigenvalue weighted by molar-refractivity contribution is 6.62. The molecule has 7 nitrogen and oxygen atoms in total. The van der Waals surface area contributed by atoms with Gasteiger partial charge < -0.3 is 14.6 Å². The van der Waals surface area contributed by atoms with Gasteiger partial charge in [0.05, 0.1) is 28.4 Å². The fourth-order valence-electron chi connectivity index (χ4n) is 4.00. The van der Waals surface area contributed by atoms with Crippen LogP contribution in [0.5, 0.6) is 0 Å². The summed E-state index contributed by atoms with van der Waals surface area (Å²) in [6.07, 6.45) is 5.87. The van der Waals surface area contributed by atoms with Crippen molar-refractivity contribution in [1.82, 2.24) is 15.1 Å². The molecule has 0 spiro atoms. The molecule has 0 radical (unpaired) electrons. The predicted molar refractivity (Wildman–Crippen MR) is 116 cm³/mol. The fourth-order valence-corrected chi connectivity index (χ4v) is 4.00. The second kappa shape index (κ2) is 7.06. The van der Waals surface area contributed by atoms with E-state index in [1.54, 1.807) is 17.9 Å². The van der Waals surface area contributed by atoms with Gasteiger partial charge in [-0.1, -0.05) is 30.7 Å². The topological polar surface area (TPSA) is 89.2 Å². The zero-order valence-corrected chi connectivity index (χ0v) is 18.3. The van der Waals surface area contributed by atoms with Crippen LogP contribution in [0.2, 0.25) is 0 Å². The standard InChI is InChI=1S/C22H29BN4O3/c1-20(2)21(3,4)30-23(29-20)17-9-7-16(8-10-17)22(11-6-12-22)19(24)26-18(28)15-13-25-27(5)14-15/h7-10,13-14H,6,11-12H2,1-5H3,(H2,24,26,28). The second-order valence-corrected chi connectivity index (χ2v) is 9.38. The monoisotopic (exact) mass is 408 g/mol. The summed E-state index contributed by atoms with van der Waals surface area (Å²) in [5, 5.41) is 15.4. The number of carbonyl (C=O) groups is 1. The molecular weight excluding hydrogens is 379 g/mol. The first-order chi connectivity index (χ1) is 14.0. The van der Waals surface area contributed by atoms with Gasteiger partial charge in [-0.2, -0.15) is 5.10 Å². The van der Waals surface area contributed by atoms with Crippen molar-refractivity contribution in [3.8, 4) is 0 Å². The average Bonchev–Trinajstić information content (AvgIpc) is 3.15. The van der Waals surface area contributed by atoms with Crippen LogP contribution in [-0.2, 0) is 21.8 Å². The molecule has 2 fully saturated rings. The van der Waals surface area contributed by atoms with Crippen molar-refractivity contribution in [3.63, 3.8) is 0 Å². The Balaban J connectivity index is 1.51. The number of nitrogens with one attached hydrogen (secondary N) is 2. The van der Waals surface area contributed by atoms with Gasteiger partial charge >= 0.3 is 7.12 Å². The normalized spacial score (nSPS) is 21.2. The largest absolute Gasteiger partial charge is 0.494 e. The molecule has 0 bridgehead atoms. The number of hydrogen-bond acceptors (Lipinski definition) is 5. The van der Waals surface area contributed by atoms with Crippen LogP contribution in [0.25, 0.3) is 0 Å². The van der Waals surface area contributed by atoms with Gasteiger partial charge in [0.1, 0.15) is 5.84 Å². The molecule has 158 valence electrons. The predicted octanol–water partition coefficient (Wildman–Crippen LogP) is 2.55. The molecule has 1 amide bonds. The number of nitrogens with zero attached hydrogens (tertiary/aromatic N) is 2. The number of carbonyl (C=O) groups excluding carboxylic acids is 1. The van der Waals surface area contributed by atoms with Gasteiger partial charge in [0, 0.05) is 13.2 Å². The van der Waals surface area contributed by atoms with Crippen LogP contribution in [-0.4, -0.2) is 39.8 Å². The molecule has 1 aromatic heterocycles. The molecule has 1 aliphatic heterocycles. The summed E-state index contributed by atoms with van der Waals surface area (Å²) in [6.45, 7) is 8.15. The van der Waals surface area contributed by atoms with Gasteiger partial charge in [-0.05, 0) is 51.6 Å². The van der Waals surface area contributed by atoms with Crippen LogP contribution in [0.4, 0.5) is 0 Å². The third-order valence-electron chi connectivity index (χ3n) is 6.88. The van der Waals surface area contributed by atoms with E-state index in [-0.39, 0.29) is 22.9 Å². The molecule has 1 saturated heterocycles. The lowest BCUT2D eigenvalue weighted by Crippen LogP contribution is -2.50. The van der Waals surface area contributed by atoms with E-state index in [1.165, 1.54) is 6.20 Å². The Morgan fingerprint density at radius 2 is 1.73 bits per heavy atom. The summed E-state index contributed by atoms with van der Waals surface area (Å²) in [4.78, 5) is 12.5. The number of aryl methyl sites for hydroxylation is 1. The molecular formula is C22H29BN4O3. The Morgan fingerprint density at radius 1 is 1.13 bits per heavy atom. The third-order valence-corrected chi connectivity index (χ3v) is 6.88. The van der Waals surface area contributed by atoms with E-state index in [0.29, 0.717) is 5.56 Å². The molecule has 1 saturated carbocycles. The highest BCUT2D eigenvalue weighted by Crippen LogP contribution is 2.44. The lowest BCUT2D eigenvalue weighted by molar-refractivity contribution is 0.00578. The lowest BCUT2D eigenvalue weighted by atomic mass is 9.63. The first-order valence-electron chi connectivity index (χ1n) is 10.4. The number of aromatic nitrogens is 2. The Morgan fingerprint density at radius 3 is 2.20 bits per heavy atom. The molecule has 2 aromatic rings. The van der Waals surface area contributed by atoms with Crippen LogP contribution in [0.3, 0.4) is 0 Å². The minimum atomic E-state index is -0.452. The third kappa shape index (κ3) is 3.38. The molecule has 0 unspecified atom stereocenters. The minimum absolute atomic E-state index is 0.242. The van der Waals surface area contributed by atoms with E-state index in [0.717, 1.165) is 30.3 Å². The van der Waals surface area contributed by atoms with Crippen LogP contribution in [0.15, 0.2) is 36.7 Å². The summed E-state index contributed by atoms with van der Waals surface area (Å²) < 4.78 is 13.9. The fraction of sp³-hybridized carbons (Fsp3) is 0.500. The molecule has 2 heterocycles. The van der Waals surface area contributed by atoms with Gasteiger partial charge in [-0.3, -0.25) is 14.9 Å². The summed E-state index contributed by atoms with van der Waals surface area (Å²) in [7, 11) is 1.35. The van der Waals surface area contributed by atoms with Crippen molar-refractivity contribution in [2.45, 2.75) is 63.6 Å². The highest BCUT2D eigenvalue weighted by Gasteiger charge is 2.52. The molecule has 30 heavy (non-hydrogen) atoms. The Labute approximate surface area is 177 Å². The van der Waals surface area contributed by atoms with Crippen LogP contribution < -0.4 is 10.8 Å². The van der Waals surface area contributed by atoms with Crippen molar-refractivity contribution in [2.24, 2.45) is 7.05 Å². The van der Waals surface area contributed by atoms with E-state index < -0.39 is 12.5 Å². The summed E-state index contributed by atoms with van der Waals surface area (Å²) in [5.41, 5.74) is 1.22. The highest BCUT2D eigenvalue weighted by atomic mass is 16.7. The number of amides is 1. The lowest BCUT2D eigenvalue weighted by Gasteiger charge is -2.42. The number of amidine groups is 1. The molecule has 1 aromatic carbocycles. The molecule has 2 N–H and O–H groups in total. The first kappa shape index (κ1) is 20.8.